The summed E-state index contributed by atoms with van der Waals surface area (Å²) in [5.41, 5.74) is 2.22. The van der Waals surface area contributed by atoms with Gasteiger partial charge >= 0.3 is 17.9 Å². The number of esters is 2. The zero-order valence-corrected chi connectivity index (χ0v) is 25.2. The smallest absolute Gasteiger partial charge is 0.336 e. The van der Waals surface area contributed by atoms with Crippen LogP contribution in [-0.4, -0.2) is 36.2 Å². The molecule has 0 heterocycles. The molecule has 1 saturated carbocycles. The van der Waals surface area contributed by atoms with Crippen molar-refractivity contribution in [3.8, 4) is 22.6 Å². The van der Waals surface area contributed by atoms with Crippen LogP contribution in [0.2, 0.25) is 0 Å². The van der Waals surface area contributed by atoms with E-state index in [4.69, 9.17) is 14.2 Å². The highest BCUT2D eigenvalue weighted by Gasteiger charge is 2.28. The van der Waals surface area contributed by atoms with E-state index in [0.717, 1.165) is 74.5 Å². The average Bonchev–Trinajstić information content (AvgIpc) is 2.99. The van der Waals surface area contributed by atoms with Gasteiger partial charge in [0.15, 0.2) is 0 Å². The van der Waals surface area contributed by atoms with Crippen LogP contribution in [0.4, 0.5) is 0 Å². The minimum absolute atomic E-state index is 0.0614. The zero-order chi connectivity index (χ0) is 30.3. The summed E-state index contributed by atoms with van der Waals surface area (Å²) in [7, 11) is 0. The summed E-state index contributed by atoms with van der Waals surface area (Å²) in [6.45, 7) is 8.34. The van der Waals surface area contributed by atoms with Crippen molar-refractivity contribution in [3.05, 3.63) is 60.2 Å². The van der Waals surface area contributed by atoms with Gasteiger partial charge in [-0.3, -0.25) is 4.79 Å². The van der Waals surface area contributed by atoms with Gasteiger partial charge in [-0.25, -0.2) is 9.59 Å². The van der Waals surface area contributed by atoms with Gasteiger partial charge in [0.2, 0.25) is 0 Å². The van der Waals surface area contributed by atoms with E-state index < -0.39 is 11.9 Å². The maximum absolute atomic E-state index is 12.9. The second kappa shape index (κ2) is 17.4. The normalized spacial score (nSPS) is 16.4. The number of rotatable bonds is 17. The molecule has 228 valence electrons. The molecule has 0 saturated heterocycles. The standard InChI is InChI=1S/C35H46O7/c1-4-6-9-12-26-13-15-27(16-14-26)35(39)42-32-20-17-28(23-25(32)3)31-24-29(18-19-30(31)34(37)38)40-21-10-7-8-11-22-41-33(36)5-2/h5,17-20,23-24,26-27H,2,4,6-16,21-22H2,1,3H3,(H,37,38). The lowest BCUT2D eigenvalue weighted by atomic mass is 9.80. The van der Waals surface area contributed by atoms with Crippen LogP contribution in [0.5, 0.6) is 11.5 Å². The molecule has 0 unspecified atom stereocenters. The van der Waals surface area contributed by atoms with Gasteiger partial charge in [-0.2, -0.15) is 0 Å². The van der Waals surface area contributed by atoms with Crippen molar-refractivity contribution in [1.82, 2.24) is 0 Å². The molecule has 1 fully saturated rings. The van der Waals surface area contributed by atoms with Gasteiger partial charge in [-0.1, -0.05) is 45.3 Å². The first-order chi connectivity index (χ1) is 20.3. The molecule has 3 rings (SSSR count). The first-order valence-corrected chi connectivity index (χ1v) is 15.4. The Bertz CT molecular complexity index is 1190. The lowest BCUT2D eigenvalue weighted by Gasteiger charge is -2.27. The minimum Gasteiger partial charge on any atom is -0.494 e. The van der Waals surface area contributed by atoms with E-state index in [1.165, 1.54) is 25.7 Å². The van der Waals surface area contributed by atoms with Gasteiger partial charge in [0, 0.05) is 6.08 Å². The van der Waals surface area contributed by atoms with Crippen LogP contribution >= 0.6 is 0 Å². The molecule has 0 aliphatic heterocycles. The zero-order valence-electron chi connectivity index (χ0n) is 25.2. The lowest BCUT2D eigenvalue weighted by Crippen LogP contribution is -2.26. The Morgan fingerprint density at radius 1 is 0.929 bits per heavy atom. The Balaban J connectivity index is 1.55. The number of ether oxygens (including phenoxy) is 3. The van der Waals surface area contributed by atoms with Crippen LogP contribution in [0.15, 0.2) is 49.1 Å². The molecule has 7 heteroatoms. The third kappa shape index (κ3) is 10.3. The number of carbonyl (C=O) groups excluding carboxylic acids is 2. The molecule has 2 aromatic carbocycles. The van der Waals surface area contributed by atoms with Crippen LogP contribution in [0.1, 0.15) is 99.9 Å². The summed E-state index contributed by atoms with van der Waals surface area (Å²) in [6, 6.07) is 10.4. The van der Waals surface area contributed by atoms with Gasteiger partial charge < -0.3 is 19.3 Å². The monoisotopic (exact) mass is 578 g/mol. The fourth-order valence-electron chi connectivity index (χ4n) is 5.51. The van der Waals surface area contributed by atoms with Crippen molar-refractivity contribution in [2.24, 2.45) is 11.8 Å². The third-order valence-corrected chi connectivity index (χ3v) is 8.03. The molecule has 0 spiro atoms. The van der Waals surface area contributed by atoms with E-state index in [-0.39, 0.29) is 17.5 Å². The molecule has 0 bridgehead atoms. The second-order valence-electron chi connectivity index (χ2n) is 11.3. The second-order valence-corrected chi connectivity index (χ2v) is 11.3. The summed E-state index contributed by atoms with van der Waals surface area (Å²) >= 11 is 0. The van der Waals surface area contributed by atoms with Crippen molar-refractivity contribution in [2.75, 3.05) is 13.2 Å². The van der Waals surface area contributed by atoms with Gasteiger partial charge in [-0.15, -0.1) is 0 Å². The van der Waals surface area contributed by atoms with Crippen molar-refractivity contribution in [3.63, 3.8) is 0 Å². The number of hydrogen-bond donors (Lipinski definition) is 1. The van der Waals surface area contributed by atoms with Crippen LogP contribution in [0.3, 0.4) is 0 Å². The van der Waals surface area contributed by atoms with Crippen LogP contribution in [0.25, 0.3) is 11.1 Å². The molecule has 7 nitrogen and oxygen atoms in total. The number of benzene rings is 2. The number of hydrogen-bond acceptors (Lipinski definition) is 6. The van der Waals surface area contributed by atoms with E-state index >= 15 is 0 Å². The quantitative estimate of drug-likeness (QED) is 0.0872. The first kappa shape index (κ1) is 32.9. The van der Waals surface area contributed by atoms with Crippen molar-refractivity contribution < 1.29 is 33.7 Å². The number of aromatic carboxylic acids is 1. The molecule has 0 radical (unpaired) electrons. The molecular weight excluding hydrogens is 532 g/mol. The molecule has 1 aliphatic rings. The summed E-state index contributed by atoms with van der Waals surface area (Å²) in [4.78, 5) is 36.0. The van der Waals surface area contributed by atoms with Crippen LogP contribution in [-0.2, 0) is 14.3 Å². The summed E-state index contributed by atoms with van der Waals surface area (Å²) < 4.78 is 16.7. The number of carboxylic acids is 1. The highest BCUT2D eigenvalue weighted by molar-refractivity contribution is 5.96. The lowest BCUT2D eigenvalue weighted by molar-refractivity contribution is -0.140. The first-order valence-electron chi connectivity index (χ1n) is 15.4. The van der Waals surface area contributed by atoms with Gasteiger partial charge in [-0.05, 0) is 111 Å². The summed E-state index contributed by atoms with van der Waals surface area (Å²) in [5, 5.41) is 9.80. The maximum atomic E-state index is 12.9. The van der Waals surface area contributed by atoms with E-state index in [9.17, 15) is 19.5 Å². The maximum Gasteiger partial charge on any atom is 0.336 e. The number of carbonyl (C=O) groups is 3. The largest absolute Gasteiger partial charge is 0.494 e. The summed E-state index contributed by atoms with van der Waals surface area (Å²) in [5.74, 6) is 0.171. The Kier molecular flexibility index (Phi) is 13.6. The van der Waals surface area contributed by atoms with E-state index in [1.807, 2.05) is 13.0 Å². The molecule has 42 heavy (non-hydrogen) atoms. The highest BCUT2D eigenvalue weighted by atomic mass is 16.5. The average molecular weight is 579 g/mol. The summed E-state index contributed by atoms with van der Waals surface area (Å²) in [6.07, 6.45) is 13.6. The molecule has 0 atom stereocenters. The van der Waals surface area contributed by atoms with Crippen molar-refractivity contribution in [1.29, 1.82) is 0 Å². The molecule has 1 N–H and O–H groups in total. The number of carboxylic acid groups (broad SMARTS) is 1. The van der Waals surface area contributed by atoms with Gasteiger partial charge in [0.25, 0.3) is 0 Å². The molecule has 2 aromatic rings. The van der Waals surface area contributed by atoms with Crippen molar-refractivity contribution in [2.45, 2.75) is 90.9 Å². The van der Waals surface area contributed by atoms with E-state index in [0.29, 0.717) is 30.3 Å². The van der Waals surface area contributed by atoms with E-state index in [1.54, 1.807) is 30.3 Å². The molecule has 0 amide bonds. The fraction of sp³-hybridized carbons (Fsp3) is 0.514. The Labute approximate surface area is 250 Å². The SMILES string of the molecule is C=CC(=O)OCCCCCCOc1ccc(C(=O)O)c(-c2ccc(OC(=O)C3CCC(CCCCC)CC3)c(C)c2)c1. The highest BCUT2D eigenvalue weighted by Crippen LogP contribution is 2.35. The number of aryl methyl sites for hydroxylation is 1. The third-order valence-electron chi connectivity index (χ3n) is 8.03. The Hall–Kier alpha value is -3.61. The molecule has 1 aliphatic carbocycles. The fourth-order valence-corrected chi connectivity index (χ4v) is 5.51. The van der Waals surface area contributed by atoms with E-state index in [2.05, 4.69) is 13.5 Å². The van der Waals surface area contributed by atoms with Gasteiger partial charge in [0.05, 0.1) is 24.7 Å². The Morgan fingerprint density at radius 2 is 1.67 bits per heavy atom. The molecule has 0 aromatic heterocycles. The topological polar surface area (TPSA) is 99.1 Å². The van der Waals surface area contributed by atoms with Gasteiger partial charge in [0.1, 0.15) is 11.5 Å². The van der Waals surface area contributed by atoms with Crippen LogP contribution < -0.4 is 9.47 Å². The van der Waals surface area contributed by atoms with Crippen LogP contribution in [0, 0.1) is 18.8 Å². The minimum atomic E-state index is -1.02. The predicted octanol–water partition coefficient (Wildman–Crippen LogP) is 8.32. The predicted molar refractivity (Wildman–Crippen MR) is 164 cm³/mol. The molecular formula is C35H46O7. The van der Waals surface area contributed by atoms with Crippen molar-refractivity contribution >= 4 is 17.9 Å². The number of unbranched alkanes of at least 4 members (excludes halogenated alkanes) is 5. The Morgan fingerprint density at radius 3 is 2.33 bits per heavy atom.